The van der Waals surface area contributed by atoms with Crippen molar-refractivity contribution in [3.63, 3.8) is 0 Å². The zero-order chi connectivity index (χ0) is 14.2. The van der Waals surface area contributed by atoms with Gasteiger partial charge in [-0.3, -0.25) is 14.3 Å². The topological polar surface area (TPSA) is 92.2 Å². The quantitative estimate of drug-likeness (QED) is 0.870. The molecule has 0 saturated heterocycles. The second kappa shape index (κ2) is 4.85. The first-order valence-electron chi connectivity index (χ1n) is 5.26. The number of halogens is 1. The van der Waals surface area contributed by atoms with Gasteiger partial charge in [-0.2, -0.15) is 0 Å². The van der Waals surface area contributed by atoms with E-state index in [9.17, 15) is 14.4 Å². The summed E-state index contributed by atoms with van der Waals surface area (Å²) in [5, 5.41) is 8.88. The lowest BCUT2D eigenvalue weighted by Crippen LogP contribution is -2.32. The van der Waals surface area contributed by atoms with Gasteiger partial charge in [0.05, 0.1) is 5.69 Å². The number of hydrogen-bond acceptors (Lipinski definition) is 3. The van der Waals surface area contributed by atoms with Crippen LogP contribution < -0.4 is 11.2 Å². The van der Waals surface area contributed by atoms with Gasteiger partial charge in [0.15, 0.2) is 0 Å². The van der Waals surface area contributed by atoms with Gasteiger partial charge in [-0.05, 0) is 24.6 Å². The minimum absolute atomic E-state index is 0.459. The number of aromatic nitrogens is 2. The van der Waals surface area contributed by atoms with E-state index in [1.54, 1.807) is 18.2 Å². The van der Waals surface area contributed by atoms with E-state index < -0.39 is 22.8 Å². The van der Waals surface area contributed by atoms with Crippen LogP contribution in [0.25, 0.3) is 5.69 Å². The van der Waals surface area contributed by atoms with E-state index in [2.05, 4.69) is 15.9 Å². The maximum Gasteiger partial charge on any atom is 0.342 e. The lowest BCUT2D eigenvalue weighted by atomic mass is 10.2. The van der Waals surface area contributed by atoms with Gasteiger partial charge in [0.2, 0.25) is 0 Å². The Bertz CT molecular complexity index is 776. The number of hydrogen-bond donors (Lipinski definition) is 2. The highest BCUT2D eigenvalue weighted by atomic mass is 79.9. The SMILES string of the molecule is Cc1ccc(-n2cc(C(=O)O)c(=O)[nH]c2=O)cc1Br. The highest BCUT2D eigenvalue weighted by molar-refractivity contribution is 9.10. The Morgan fingerprint density at radius 1 is 1.37 bits per heavy atom. The average Bonchev–Trinajstić information content (AvgIpc) is 2.32. The molecule has 2 aromatic rings. The molecule has 0 aliphatic rings. The highest BCUT2D eigenvalue weighted by Gasteiger charge is 2.12. The summed E-state index contributed by atoms with van der Waals surface area (Å²) in [6.07, 6.45) is 1.01. The number of nitrogens with one attached hydrogen (secondary N) is 1. The summed E-state index contributed by atoms with van der Waals surface area (Å²) < 4.78 is 1.86. The molecule has 0 unspecified atom stereocenters. The number of benzene rings is 1. The number of carboxylic acids is 1. The summed E-state index contributed by atoms with van der Waals surface area (Å²) in [5.41, 5.74) is -0.664. The molecule has 1 aromatic heterocycles. The number of aromatic amines is 1. The molecule has 1 heterocycles. The van der Waals surface area contributed by atoms with Crippen molar-refractivity contribution >= 4 is 21.9 Å². The number of aromatic carboxylic acids is 1. The molecule has 2 N–H and O–H groups in total. The van der Waals surface area contributed by atoms with Crippen molar-refractivity contribution in [3.05, 3.63) is 60.8 Å². The molecular formula is C12H9BrN2O4. The summed E-state index contributed by atoms with van der Waals surface area (Å²) in [6, 6.07) is 5.10. The van der Waals surface area contributed by atoms with E-state index in [-0.39, 0.29) is 0 Å². The van der Waals surface area contributed by atoms with Crippen molar-refractivity contribution in [3.8, 4) is 5.69 Å². The lowest BCUT2D eigenvalue weighted by molar-refractivity contribution is 0.0694. The van der Waals surface area contributed by atoms with E-state index in [4.69, 9.17) is 5.11 Å². The van der Waals surface area contributed by atoms with Crippen LogP contribution in [0.3, 0.4) is 0 Å². The Morgan fingerprint density at radius 2 is 2.05 bits per heavy atom. The van der Waals surface area contributed by atoms with Crippen molar-refractivity contribution in [1.29, 1.82) is 0 Å². The van der Waals surface area contributed by atoms with Gasteiger partial charge < -0.3 is 5.11 Å². The highest BCUT2D eigenvalue weighted by Crippen LogP contribution is 2.19. The van der Waals surface area contributed by atoms with Crippen LogP contribution in [-0.2, 0) is 0 Å². The molecular weight excluding hydrogens is 316 g/mol. The van der Waals surface area contributed by atoms with Crippen molar-refractivity contribution in [1.82, 2.24) is 9.55 Å². The normalized spacial score (nSPS) is 10.4. The molecule has 7 heteroatoms. The molecule has 0 aliphatic heterocycles. The van der Waals surface area contributed by atoms with Crippen molar-refractivity contribution in [2.75, 3.05) is 0 Å². The van der Waals surface area contributed by atoms with Crippen LogP contribution in [0.2, 0.25) is 0 Å². The van der Waals surface area contributed by atoms with E-state index >= 15 is 0 Å². The van der Waals surface area contributed by atoms with Crippen LogP contribution in [0.4, 0.5) is 0 Å². The molecule has 0 spiro atoms. The maximum absolute atomic E-state index is 11.7. The summed E-state index contributed by atoms with van der Waals surface area (Å²) >= 11 is 3.33. The van der Waals surface area contributed by atoms with Crippen LogP contribution >= 0.6 is 15.9 Å². The largest absolute Gasteiger partial charge is 0.477 e. The van der Waals surface area contributed by atoms with Crippen molar-refractivity contribution in [2.24, 2.45) is 0 Å². The zero-order valence-electron chi connectivity index (χ0n) is 9.81. The Kier molecular flexibility index (Phi) is 3.39. The molecule has 19 heavy (non-hydrogen) atoms. The van der Waals surface area contributed by atoms with E-state index in [0.717, 1.165) is 20.8 Å². The van der Waals surface area contributed by atoms with Crippen molar-refractivity contribution in [2.45, 2.75) is 6.92 Å². The molecule has 0 fully saturated rings. The summed E-state index contributed by atoms with van der Waals surface area (Å²) in [6.45, 7) is 1.88. The molecule has 0 bridgehead atoms. The van der Waals surface area contributed by atoms with Crippen LogP contribution in [0.5, 0.6) is 0 Å². The fourth-order valence-electron chi connectivity index (χ4n) is 1.55. The van der Waals surface area contributed by atoms with Gasteiger partial charge in [-0.1, -0.05) is 22.0 Å². The first-order valence-corrected chi connectivity index (χ1v) is 6.05. The third-order valence-electron chi connectivity index (χ3n) is 2.61. The van der Waals surface area contributed by atoms with Crippen molar-refractivity contribution < 1.29 is 9.90 Å². The second-order valence-corrected chi connectivity index (χ2v) is 4.77. The van der Waals surface area contributed by atoms with Gasteiger partial charge in [0, 0.05) is 10.7 Å². The summed E-state index contributed by atoms with van der Waals surface area (Å²) in [4.78, 5) is 35.9. The Hall–Kier alpha value is -2.15. The molecule has 98 valence electrons. The number of aryl methyl sites for hydroxylation is 1. The fourth-order valence-corrected chi connectivity index (χ4v) is 1.91. The zero-order valence-corrected chi connectivity index (χ0v) is 11.4. The predicted molar refractivity (Wildman–Crippen MR) is 72.1 cm³/mol. The van der Waals surface area contributed by atoms with Crippen LogP contribution in [0.1, 0.15) is 15.9 Å². The summed E-state index contributed by atoms with van der Waals surface area (Å²) in [5.74, 6) is -1.39. The standard InChI is InChI=1S/C12H9BrN2O4/c1-6-2-3-7(4-9(6)13)15-5-8(11(17)18)10(16)14-12(15)19/h2-5H,1H3,(H,17,18)(H,14,16,19). The van der Waals surface area contributed by atoms with E-state index in [1.165, 1.54) is 0 Å². The number of nitrogens with zero attached hydrogens (tertiary/aromatic N) is 1. The lowest BCUT2D eigenvalue weighted by Gasteiger charge is -2.07. The molecule has 0 atom stereocenters. The third-order valence-corrected chi connectivity index (χ3v) is 3.46. The predicted octanol–water partition coefficient (Wildman–Crippen LogP) is 1.29. The molecule has 2 rings (SSSR count). The minimum atomic E-state index is -1.39. The fraction of sp³-hybridized carbons (Fsp3) is 0.0833. The van der Waals surface area contributed by atoms with Crippen LogP contribution in [0, 0.1) is 6.92 Å². The van der Waals surface area contributed by atoms with Gasteiger partial charge in [-0.15, -0.1) is 0 Å². The Morgan fingerprint density at radius 3 is 2.63 bits per heavy atom. The average molecular weight is 325 g/mol. The molecule has 1 aromatic carbocycles. The molecule has 0 amide bonds. The number of carbonyl (C=O) groups is 1. The van der Waals surface area contributed by atoms with Gasteiger partial charge in [0.1, 0.15) is 5.56 Å². The number of carboxylic acid groups (broad SMARTS) is 1. The smallest absolute Gasteiger partial charge is 0.342 e. The summed E-state index contributed by atoms with van der Waals surface area (Å²) in [7, 11) is 0. The first-order chi connectivity index (χ1) is 8.90. The second-order valence-electron chi connectivity index (χ2n) is 3.91. The minimum Gasteiger partial charge on any atom is -0.477 e. The molecule has 0 radical (unpaired) electrons. The number of H-pyrrole nitrogens is 1. The monoisotopic (exact) mass is 324 g/mol. The molecule has 0 aliphatic carbocycles. The third kappa shape index (κ3) is 2.50. The van der Waals surface area contributed by atoms with E-state index in [0.29, 0.717) is 5.69 Å². The maximum atomic E-state index is 11.7. The molecule has 0 saturated carbocycles. The van der Waals surface area contributed by atoms with Crippen LogP contribution in [0.15, 0.2) is 38.5 Å². The Balaban J connectivity index is 2.71. The first kappa shape index (κ1) is 13.3. The van der Waals surface area contributed by atoms with Gasteiger partial charge >= 0.3 is 11.7 Å². The number of rotatable bonds is 2. The van der Waals surface area contributed by atoms with Gasteiger partial charge in [0.25, 0.3) is 5.56 Å². The Labute approximate surface area is 115 Å². The van der Waals surface area contributed by atoms with Gasteiger partial charge in [-0.25, -0.2) is 9.59 Å². The van der Waals surface area contributed by atoms with E-state index in [1.807, 2.05) is 11.9 Å². The van der Waals surface area contributed by atoms with Crippen LogP contribution in [-0.4, -0.2) is 20.6 Å². The molecule has 6 nitrogen and oxygen atoms in total.